The minimum Gasteiger partial charge on any atom is -0.271 e. The second-order valence-corrected chi connectivity index (χ2v) is 9.98. The van der Waals surface area contributed by atoms with Crippen LogP contribution in [0.3, 0.4) is 0 Å². The molecule has 0 bridgehead atoms. The van der Waals surface area contributed by atoms with E-state index >= 15 is 0 Å². The Morgan fingerprint density at radius 3 is 2.55 bits per heavy atom. The highest BCUT2D eigenvalue weighted by atomic mass is 35.5. The summed E-state index contributed by atoms with van der Waals surface area (Å²) in [6, 6.07) is 14.8. The molecule has 3 aromatic rings. The van der Waals surface area contributed by atoms with Gasteiger partial charge in [-0.3, -0.25) is 9.10 Å². The van der Waals surface area contributed by atoms with Crippen molar-refractivity contribution in [2.75, 3.05) is 17.1 Å². The molecule has 9 heteroatoms. The SMILES string of the molecule is CS(=O)(=O)N(CC(=O)N/N=C\c1ccc2c3c(cccc13)CC2)c1cccc(Cl)c1Cl. The molecule has 6 nitrogen and oxygen atoms in total. The summed E-state index contributed by atoms with van der Waals surface area (Å²) in [5.74, 6) is -0.608. The maximum absolute atomic E-state index is 12.4. The fraction of sp³-hybridized carbons (Fsp3) is 0.182. The van der Waals surface area contributed by atoms with Crippen LogP contribution in [-0.4, -0.2) is 33.3 Å². The van der Waals surface area contributed by atoms with Gasteiger partial charge in [-0.1, -0.05) is 59.6 Å². The molecule has 31 heavy (non-hydrogen) atoms. The highest BCUT2D eigenvalue weighted by molar-refractivity contribution is 7.92. The summed E-state index contributed by atoms with van der Waals surface area (Å²) in [4.78, 5) is 12.4. The van der Waals surface area contributed by atoms with Crippen molar-refractivity contribution in [3.05, 3.63) is 75.3 Å². The van der Waals surface area contributed by atoms with Crippen molar-refractivity contribution in [3.8, 4) is 0 Å². The van der Waals surface area contributed by atoms with Gasteiger partial charge in [0.15, 0.2) is 0 Å². The molecular weight excluding hydrogens is 457 g/mol. The summed E-state index contributed by atoms with van der Waals surface area (Å²) in [5.41, 5.74) is 6.03. The molecule has 0 radical (unpaired) electrons. The Kier molecular flexibility index (Phi) is 5.92. The number of hydrazone groups is 1. The summed E-state index contributed by atoms with van der Waals surface area (Å²) < 4.78 is 25.4. The van der Waals surface area contributed by atoms with E-state index in [0.717, 1.165) is 34.4 Å². The second kappa shape index (κ2) is 8.49. The number of carbonyl (C=O) groups is 1. The summed E-state index contributed by atoms with van der Waals surface area (Å²) in [6.45, 7) is -0.486. The van der Waals surface area contributed by atoms with E-state index in [1.165, 1.54) is 28.6 Å². The largest absolute Gasteiger partial charge is 0.271 e. The first-order valence-electron chi connectivity index (χ1n) is 9.53. The molecular formula is C22H19Cl2N3O3S. The van der Waals surface area contributed by atoms with Crippen LogP contribution < -0.4 is 9.73 Å². The smallest absolute Gasteiger partial charge is 0.260 e. The predicted molar refractivity (Wildman–Crippen MR) is 126 cm³/mol. The van der Waals surface area contributed by atoms with Crippen molar-refractivity contribution >= 4 is 61.8 Å². The molecule has 0 aromatic heterocycles. The number of halogens is 2. The van der Waals surface area contributed by atoms with Crippen molar-refractivity contribution in [1.82, 2.24) is 5.43 Å². The monoisotopic (exact) mass is 475 g/mol. The van der Waals surface area contributed by atoms with Crippen LogP contribution in [0.5, 0.6) is 0 Å². The molecule has 0 aliphatic heterocycles. The fourth-order valence-corrected chi connectivity index (χ4v) is 5.10. The molecule has 0 saturated carbocycles. The molecule has 0 saturated heterocycles. The van der Waals surface area contributed by atoms with Gasteiger partial charge in [-0.05, 0) is 46.9 Å². The zero-order valence-corrected chi connectivity index (χ0v) is 18.9. The van der Waals surface area contributed by atoms with Crippen LogP contribution in [0.2, 0.25) is 10.0 Å². The first-order valence-corrected chi connectivity index (χ1v) is 12.1. The van der Waals surface area contributed by atoms with E-state index in [9.17, 15) is 13.2 Å². The molecule has 1 aliphatic carbocycles. The topological polar surface area (TPSA) is 78.8 Å². The number of benzene rings is 3. The molecule has 0 fully saturated rings. The summed E-state index contributed by atoms with van der Waals surface area (Å²) in [5, 5.41) is 6.61. The number of aryl methyl sites for hydroxylation is 2. The third kappa shape index (κ3) is 4.39. The van der Waals surface area contributed by atoms with Gasteiger partial charge in [0.2, 0.25) is 10.0 Å². The number of amides is 1. The van der Waals surface area contributed by atoms with Gasteiger partial charge in [0, 0.05) is 5.56 Å². The van der Waals surface area contributed by atoms with Gasteiger partial charge < -0.3 is 0 Å². The number of hydrogen-bond acceptors (Lipinski definition) is 4. The van der Waals surface area contributed by atoms with Crippen LogP contribution in [0.1, 0.15) is 16.7 Å². The first-order chi connectivity index (χ1) is 14.8. The van der Waals surface area contributed by atoms with Crippen LogP contribution in [0, 0.1) is 0 Å². The lowest BCUT2D eigenvalue weighted by Crippen LogP contribution is -2.39. The van der Waals surface area contributed by atoms with Crippen molar-refractivity contribution in [2.45, 2.75) is 12.8 Å². The van der Waals surface area contributed by atoms with Crippen molar-refractivity contribution < 1.29 is 13.2 Å². The van der Waals surface area contributed by atoms with Crippen molar-refractivity contribution in [2.24, 2.45) is 5.10 Å². The van der Waals surface area contributed by atoms with E-state index in [1.807, 2.05) is 18.2 Å². The zero-order valence-electron chi connectivity index (χ0n) is 16.6. The zero-order chi connectivity index (χ0) is 22.2. The number of nitrogens with zero attached hydrogens (tertiary/aromatic N) is 2. The maximum atomic E-state index is 12.4. The Bertz CT molecular complexity index is 1310. The highest BCUT2D eigenvalue weighted by Gasteiger charge is 2.24. The third-order valence-electron chi connectivity index (χ3n) is 5.19. The van der Waals surface area contributed by atoms with Crippen molar-refractivity contribution in [1.29, 1.82) is 0 Å². The molecule has 0 heterocycles. The third-order valence-corrected chi connectivity index (χ3v) is 7.13. The lowest BCUT2D eigenvalue weighted by atomic mass is 10.0. The van der Waals surface area contributed by atoms with Crippen LogP contribution in [0.15, 0.2) is 53.6 Å². The summed E-state index contributed by atoms with van der Waals surface area (Å²) in [6.07, 6.45) is 4.61. The van der Waals surface area contributed by atoms with Gasteiger partial charge in [0.25, 0.3) is 5.91 Å². The Balaban J connectivity index is 1.53. The molecule has 0 atom stereocenters. The van der Waals surface area contributed by atoms with Gasteiger partial charge in [0.05, 0.1) is 28.2 Å². The maximum Gasteiger partial charge on any atom is 0.260 e. The minimum absolute atomic E-state index is 0.0544. The highest BCUT2D eigenvalue weighted by Crippen LogP contribution is 2.34. The van der Waals surface area contributed by atoms with E-state index in [0.29, 0.717) is 0 Å². The van der Waals surface area contributed by atoms with Crippen LogP contribution in [-0.2, 0) is 27.7 Å². The average Bonchev–Trinajstić information content (AvgIpc) is 3.14. The molecule has 0 spiro atoms. The Labute approximate surface area is 190 Å². The van der Waals surface area contributed by atoms with Gasteiger partial charge in [-0.15, -0.1) is 0 Å². The molecule has 4 rings (SSSR count). The number of nitrogens with one attached hydrogen (secondary N) is 1. The Morgan fingerprint density at radius 2 is 1.81 bits per heavy atom. The first kappa shape index (κ1) is 21.6. The fourth-order valence-electron chi connectivity index (χ4n) is 3.79. The van der Waals surface area contributed by atoms with Crippen LogP contribution in [0.25, 0.3) is 10.8 Å². The van der Waals surface area contributed by atoms with E-state index in [-0.39, 0.29) is 15.7 Å². The summed E-state index contributed by atoms with van der Waals surface area (Å²) in [7, 11) is -3.78. The number of anilines is 1. The number of hydrogen-bond donors (Lipinski definition) is 1. The Morgan fingerprint density at radius 1 is 1.10 bits per heavy atom. The molecule has 3 aromatic carbocycles. The molecule has 1 aliphatic rings. The average molecular weight is 476 g/mol. The normalized spacial score (nSPS) is 13.1. The quantitative estimate of drug-likeness (QED) is 0.429. The predicted octanol–water partition coefficient (Wildman–Crippen LogP) is 4.16. The van der Waals surface area contributed by atoms with E-state index in [1.54, 1.807) is 12.3 Å². The molecule has 1 amide bonds. The van der Waals surface area contributed by atoms with Crippen LogP contribution in [0.4, 0.5) is 5.69 Å². The van der Waals surface area contributed by atoms with Gasteiger partial charge >= 0.3 is 0 Å². The number of rotatable bonds is 6. The summed E-state index contributed by atoms with van der Waals surface area (Å²) >= 11 is 12.1. The Hall–Kier alpha value is -2.61. The molecule has 0 unspecified atom stereocenters. The van der Waals surface area contributed by atoms with Gasteiger partial charge in [-0.2, -0.15) is 5.10 Å². The lowest BCUT2D eigenvalue weighted by Gasteiger charge is -2.22. The lowest BCUT2D eigenvalue weighted by molar-refractivity contribution is -0.119. The number of carbonyl (C=O) groups excluding carboxylic acids is 1. The molecule has 160 valence electrons. The van der Waals surface area contributed by atoms with E-state index in [4.69, 9.17) is 23.2 Å². The number of sulfonamides is 1. The van der Waals surface area contributed by atoms with Crippen LogP contribution >= 0.6 is 23.2 Å². The van der Waals surface area contributed by atoms with Gasteiger partial charge in [0.1, 0.15) is 6.54 Å². The standard InChI is InChI=1S/C22H19Cl2N3O3S/c1-31(29,30)27(19-7-3-6-18(23)22(19)24)13-20(28)26-25-12-16-11-10-15-9-8-14-4-2-5-17(16)21(14)15/h2-7,10-12H,8-9,13H2,1H3,(H,26,28)/b25-12-. The molecule has 1 N–H and O–H groups in total. The van der Waals surface area contributed by atoms with E-state index in [2.05, 4.69) is 22.7 Å². The van der Waals surface area contributed by atoms with Gasteiger partial charge in [-0.25, -0.2) is 13.8 Å². The van der Waals surface area contributed by atoms with E-state index < -0.39 is 22.5 Å². The second-order valence-electron chi connectivity index (χ2n) is 7.29. The minimum atomic E-state index is -3.78. The van der Waals surface area contributed by atoms with Crippen molar-refractivity contribution in [3.63, 3.8) is 0 Å².